The van der Waals surface area contributed by atoms with Crippen molar-refractivity contribution in [2.24, 2.45) is 11.3 Å². The van der Waals surface area contributed by atoms with Gasteiger partial charge in [-0.05, 0) is 25.2 Å². The van der Waals surface area contributed by atoms with Gasteiger partial charge in [0.25, 0.3) is 0 Å². The zero-order chi connectivity index (χ0) is 15.8. The monoisotopic (exact) mass is 308 g/mol. The molecule has 1 atom stereocenters. The summed E-state index contributed by atoms with van der Waals surface area (Å²) in [6.45, 7) is 5.83. The lowest BCUT2D eigenvalue weighted by atomic mass is 9.68. The van der Waals surface area contributed by atoms with Crippen molar-refractivity contribution in [3.8, 4) is 0 Å². The molecule has 0 amide bonds. The highest BCUT2D eigenvalue weighted by molar-refractivity contribution is 7.51. The van der Waals surface area contributed by atoms with Crippen molar-refractivity contribution in [3.05, 3.63) is 0 Å². The third kappa shape index (κ3) is 5.94. The Labute approximate surface area is 121 Å². The molecule has 0 fully saturated rings. The van der Waals surface area contributed by atoms with Crippen molar-refractivity contribution in [2.45, 2.75) is 65.7 Å². The molecule has 0 bridgehead atoms. The van der Waals surface area contributed by atoms with Crippen LogP contribution in [0.3, 0.4) is 0 Å². The lowest BCUT2D eigenvalue weighted by molar-refractivity contribution is -0.154. The average Bonchev–Trinajstić information content (AvgIpc) is 2.32. The summed E-state index contributed by atoms with van der Waals surface area (Å²) in [4.78, 5) is 30.4. The van der Waals surface area contributed by atoms with E-state index >= 15 is 0 Å². The highest BCUT2D eigenvalue weighted by Gasteiger charge is 2.45. The van der Waals surface area contributed by atoms with Gasteiger partial charge < -0.3 is 14.9 Å². The number of carbonyl (C=O) groups is 1. The fourth-order valence-electron chi connectivity index (χ4n) is 3.09. The Balaban J connectivity index is 5.45. The van der Waals surface area contributed by atoms with Crippen LogP contribution in [0.1, 0.15) is 65.7 Å². The van der Waals surface area contributed by atoms with Crippen LogP contribution >= 0.6 is 7.60 Å². The van der Waals surface area contributed by atoms with Crippen LogP contribution in [-0.4, -0.2) is 27.0 Å². The van der Waals surface area contributed by atoms with Gasteiger partial charge in [-0.1, -0.05) is 46.5 Å². The summed E-state index contributed by atoms with van der Waals surface area (Å²) in [6, 6.07) is 0. The molecular formula is C14H29O5P. The van der Waals surface area contributed by atoms with Gasteiger partial charge in [-0.25, -0.2) is 0 Å². The Hall–Kier alpha value is -0.380. The summed E-state index contributed by atoms with van der Waals surface area (Å²) in [5.74, 6) is -1.36. The number of unbranched alkanes of at least 4 members (excludes halogenated alkanes) is 1. The number of hydrogen-bond donors (Lipinski definition) is 3. The van der Waals surface area contributed by atoms with Crippen LogP contribution in [0.5, 0.6) is 0 Å². The topological polar surface area (TPSA) is 94.8 Å². The summed E-state index contributed by atoms with van der Waals surface area (Å²) in [5.41, 5.74) is -1.00. The Bertz CT molecular complexity index is 330. The molecule has 5 nitrogen and oxygen atoms in total. The molecule has 0 radical (unpaired) electrons. The average molecular weight is 308 g/mol. The van der Waals surface area contributed by atoms with Crippen LogP contribution in [-0.2, 0) is 9.36 Å². The van der Waals surface area contributed by atoms with Crippen molar-refractivity contribution in [1.82, 2.24) is 0 Å². The Kier molecular flexibility index (Phi) is 8.64. The van der Waals surface area contributed by atoms with Crippen molar-refractivity contribution < 1.29 is 24.3 Å². The van der Waals surface area contributed by atoms with Crippen LogP contribution in [0.15, 0.2) is 0 Å². The van der Waals surface area contributed by atoms with E-state index in [0.29, 0.717) is 32.1 Å². The second kappa shape index (κ2) is 8.81. The maximum absolute atomic E-state index is 11.8. The largest absolute Gasteiger partial charge is 0.481 e. The van der Waals surface area contributed by atoms with Gasteiger partial charge in [0.15, 0.2) is 0 Å². The molecule has 0 spiro atoms. The smallest absolute Gasteiger partial charge is 0.325 e. The molecule has 0 aromatic heterocycles. The Morgan fingerprint density at radius 3 is 1.90 bits per heavy atom. The predicted octanol–water partition coefficient (Wildman–Crippen LogP) is 3.64. The molecular weight excluding hydrogens is 279 g/mol. The van der Waals surface area contributed by atoms with Crippen molar-refractivity contribution in [3.63, 3.8) is 0 Å². The van der Waals surface area contributed by atoms with E-state index in [1.807, 2.05) is 20.8 Å². The molecule has 1 unspecified atom stereocenters. The van der Waals surface area contributed by atoms with E-state index in [0.717, 1.165) is 12.8 Å². The van der Waals surface area contributed by atoms with Crippen LogP contribution in [0.2, 0.25) is 0 Å². The van der Waals surface area contributed by atoms with Gasteiger partial charge in [-0.15, -0.1) is 0 Å². The summed E-state index contributed by atoms with van der Waals surface area (Å²) < 4.78 is 11.4. The third-order valence-corrected chi connectivity index (χ3v) is 4.88. The van der Waals surface area contributed by atoms with Crippen molar-refractivity contribution in [1.29, 1.82) is 0 Å². The molecule has 0 aliphatic rings. The first-order valence-electron chi connectivity index (χ1n) is 7.51. The first kappa shape index (κ1) is 19.6. The van der Waals surface area contributed by atoms with Gasteiger partial charge in [0.1, 0.15) is 0 Å². The van der Waals surface area contributed by atoms with E-state index in [-0.39, 0.29) is 6.16 Å². The zero-order valence-electron chi connectivity index (χ0n) is 12.8. The van der Waals surface area contributed by atoms with Gasteiger partial charge in [0, 0.05) is 0 Å². The molecule has 0 aromatic carbocycles. The first-order valence-corrected chi connectivity index (χ1v) is 9.31. The fourth-order valence-corrected chi connectivity index (χ4v) is 4.20. The van der Waals surface area contributed by atoms with E-state index in [1.165, 1.54) is 0 Å². The number of rotatable bonds is 11. The molecule has 0 aliphatic carbocycles. The summed E-state index contributed by atoms with van der Waals surface area (Å²) in [5, 5.41) is 9.70. The number of carboxylic acid groups (broad SMARTS) is 1. The lowest BCUT2D eigenvalue weighted by Gasteiger charge is -2.37. The molecule has 20 heavy (non-hydrogen) atoms. The summed E-state index contributed by atoms with van der Waals surface area (Å²) in [6.07, 6.45) is 4.30. The highest BCUT2D eigenvalue weighted by Crippen LogP contribution is 2.48. The summed E-state index contributed by atoms with van der Waals surface area (Å²) >= 11 is 0. The van der Waals surface area contributed by atoms with E-state index in [1.54, 1.807) is 0 Å². The fraction of sp³-hybridized carbons (Fsp3) is 0.929. The van der Waals surface area contributed by atoms with E-state index in [2.05, 4.69) is 0 Å². The quantitative estimate of drug-likeness (QED) is 0.506. The highest BCUT2D eigenvalue weighted by atomic mass is 31.2. The molecule has 120 valence electrons. The summed E-state index contributed by atoms with van der Waals surface area (Å²) in [7, 11) is -4.21. The van der Waals surface area contributed by atoms with Crippen LogP contribution < -0.4 is 0 Å². The Morgan fingerprint density at radius 1 is 1.10 bits per heavy atom. The normalized spacial score (nSPS) is 14.2. The Morgan fingerprint density at radius 2 is 1.60 bits per heavy atom. The van der Waals surface area contributed by atoms with Gasteiger partial charge in [0.05, 0.1) is 11.6 Å². The van der Waals surface area contributed by atoms with E-state index in [9.17, 15) is 24.3 Å². The number of aliphatic carboxylic acids is 1. The van der Waals surface area contributed by atoms with Crippen LogP contribution in [0.4, 0.5) is 0 Å². The van der Waals surface area contributed by atoms with Crippen molar-refractivity contribution >= 4 is 13.6 Å². The third-order valence-electron chi connectivity index (χ3n) is 3.96. The molecule has 0 aliphatic heterocycles. The zero-order valence-corrected chi connectivity index (χ0v) is 13.7. The van der Waals surface area contributed by atoms with Gasteiger partial charge in [-0.2, -0.15) is 0 Å². The molecule has 0 rings (SSSR count). The SMILES string of the molecule is CCCCC(CP(=O)(O)O)C(CCC)(CCC)C(=O)O. The molecule has 0 heterocycles. The molecule has 0 saturated heterocycles. The van der Waals surface area contributed by atoms with Gasteiger partial charge in [-0.3, -0.25) is 9.36 Å². The molecule has 0 saturated carbocycles. The van der Waals surface area contributed by atoms with Crippen LogP contribution in [0.25, 0.3) is 0 Å². The van der Waals surface area contributed by atoms with Gasteiger partial charge in [0.2, 0.25) is 0 Å². The molecule has 0 aromatic rings. The predicted molar refractivity (Wildman–Crippen MR) is 79.8 cm³/mol. The minimum atomic E-state index is -4.21. The minimum Gasteiger partial charge on any atom is -0.481 e. The van der Waals surface area contributed by atoms with Gasteiger partial charge >= 0.3 is 13.6 Å². The van der Waals surface area contributed by atoms with Crippen molar-refractivity contribution in [2.75, 3.05) is 6.16 Å². The van der Waals surface area contributed by atoms with Crippen LogP contribution in [0, 0.1) is 11.3 Å². The van der Waals surface area contributed by atoms with E-state index < -0.39 is 24.9 Å². The first-order chi connectivity index (χ1) is 9.23. The maximum Gasteiger partial charge on any atom is 0.325 e. The maximum atomic E-state index is 11.8. The lowest BCUT2D eigenvalue weighted by Crippen LogP contribution is -2.40. The minimum absolute atomic E-state index is 0.320. The van der Waals surface area contributed by atoms with E-state index in [4.69, 9.17) is 0 Å². The number of carboxylic acids is 1. The molecule has 3 N–H and O–H groups in total. The standard InChI is InChI=1S/C14H29O5P/c1-4-7-8-12(11-20(17,18)19)14(9-5-2,10-6-3)13(15)16/h12H,4-11H2,1-3H3,(H,15,16)(H2,17,18,19). The molecule has 6 heteroatoms. The second-order valence-corrected chi connectivity index (χ2v) is 7.34. The number of hydrogen-bond acceptors (Lipinski definition) is 2. The second-order valence-electron chi connectivity index (χ2n) is 5.65.